The van der Waals surface area contributed by atoms with Gasteiger partial charge < -0.3 is 5.73 Å². The molecule has 1 aliphatic heterocycles. The van der Waals surface area contributed by atoms with E-state index in [1.165, 1.54) is 6.33 Å². The van der Waals surface area contributed by atoms with Gasteiger partial charge in [-0.05, 0) is 46.3 Å². The van der Waals surface area contributed by atoms with Gasteiger partial charge in [0.15, 0.2) is 18.7 Å². The number of halogens is 1. The second-order valence-electron chi connectivity index (χ2n) is 7.64. The number of nitrogens with zero attached hydrogens (tertiary/aromatic N) is 5. The fraction of sp³-hybridized carbons (Fsp3) is 0.182. The molecule has 1 atom stereocenters. The highest BCUT2D eigenvalue weighted by atomic mass is 79.9. The lowest BCUT2D eigenvalue weighted by atomic mass is 10.00. The van der Waals surface area contributed by atoms with E-state index in [0.29, 0.717) is 29.1 Å². The number of rotatable bonds is 3. The first kappa shape index (κ1) is 21.2. The quantitative estimate of drug-likeness (QED) is 0.344. The fourth-order valence-electron chi connectivity index (χ4n) is 3.80. The summed E-state index contributed by atoms with van der Waals surface area (Å²) in [6.07, 6.45) is 3.17. The van der Waals surface area contributed by atoms with Gasteiger partial charge in [0.1, 0.15) is 17.4 Å². The molecular formula is C22H20BrN6O2S+. The molecule has 4 aromatic rings. The number of pyridine rings is 2. The van der Waals surface area contributed by atoms with Crippen molar-refractivity contribution in [1.82, 2.24) is 19.9 Å². The number of thioether (sulfide) groups is 1. The van der Waals surface area contributed by atoms with Crippen molar-refractivity contribution in [2.24, 2.45) is 0 Å². The molecule has 0 saturated carbocycles. The van der Waals surface area contributed by atoms with Crippen LogP contribution in [0.4, 0.5) is 5.82 Å². The van der Waals surface area contributed by atoms with E-state index in [-0.39, 0.29) is 11.8 Å². The molecule has 1 fully saturated rings. The lowest BCUT2D eigenvalue weighted by Crippen LogP contribution is -2.48. The van der Waals surface area contributed by atoms with Crippen molar-refractivity contribution in [1.29, 1.82) is 0 Å². The summed E-state index contributed by atoms with van der Waals surface area (Å²) in [5, 5.41) is 20.5. The van der Waals surface area contributed by atoms with Gasteiger partial charge in [0.05, 0.1) is 16.8 Å². The molecule has 1 aromatic carbocycles. The highest BCUT2D eigenvalue weighted by Gasteiger charge is 2.35. The number of aromatic nitrogens is 4. The van der Waals surface area contributed by atoms with Gasteiger partial charge in [-0.25, -0.2) is 15.0 Å². The van der Waals surface area contributed by atoms with E-state index >= 15 is 0 Å². The maximum absolute atomic E-state index is 9.94. The molecule has 0 radical (unpaired) electrons. The second-order valence-corrected chi connectivity index (χ2v) is 9.87. The lowest BCUT2D eigenvalue weighted by Gasteiger charge is -2.30. The minimum Gasteiger partial charge on any atom is -0.383 e. The summed E-state index contributed by atoms with van der Waals surface area (Å²) in [6, 6.07) is 13.8. The predicted molar refractivity (Wildman–Crippen MR) is 127 cm³/mol. The first-order valence-electron chi connectivity index (χ1n) is 9.97. The van der Waals surface area contributed by atoms with Crippen molar-refractivity contribution in [2.75, 3.05) is 24.6 Å². The molecule has 32 heavy (non-hydrogen) atoms. The first-order chi connectivity index (χ1) is 15.4. The molecule has 1 aliphatic rings. The Balaban J connectivity index is 1.58. The molecular weight excluding hydrogens is 492 g/mol. The van der Waals surface area contributed by atoms with Gasteiger partial charge in [-0.2, -0.15) is 10.4 Å². The maximum atomic E-state index is 9.94. The van der Waals surface area contributed by atoms with Crippen LogP contribution in [0.3, 0.4) is 0 Å². The number of anilines is 1. The molecule has 1 saturated heterocycles. The molecule has 4 heterocycles. The third-order valence-electron chi connectivity index (χ3n) is 5.41. The Labute approximate surface area is 196 Å². The largest absolute Gasteiger partial charge is 0.383 e. The monoisotopic (exact) mass is 511 g/mol. The molecule has 0 bridgehead atoms. The Bertz CT molecular complexity index is 1300. The molecule has 1 unspecified atom stereocenters. The number of hydrogen-bond donors (Lipinski definition) is 3. The average molecular weight is 512 g/mol. The van der Waals surface area contributed by atoms with Gasteiger partial charge in [-0.3, -0.25) is 4.98 Å². The molecule has 8 nitrogen and oxygen atoms in total. The van der Waals surface area contributed by atoms with Crippen LogP contribution in [0.1, 0.15) is 10.9 Å². The number of hydrogen-bond acceptors (Lipinski definition) is 8. The third-order valence-corrected chi connectivity index (χ3v) is 7.11. The van der Waals surface area contributed by atoms with Crippen molar-refractivity contribution in [2.45, 2.75) is 5.25 Å². The van der Waals surface area contributed by atoms with Crippen LogP contribution in [0.15, 0.2) is 59.5 Å². The molecule has 0 spiro atoms. The van der Waals surface area contributed by atoms with Crippen LogP contribution in [0.5, 0.6) is 0 Å². The summed E-state index contributed by atoms with van der Waals surface area (Å²) < 4.78 is 0.954. The summed E-state index contributed by atoms with van der Waals surface area (Å²) in [7, 11) is 0. The van der Waals surface area contributed by atoms with Crippen molar-refractivity contribution in [3.8, 4) is 22.4 Å². The summed E-state index contributed by atoms with van der Waals surface area (Å²) in [5.74, 6) is 1.03. The second kappa shape index (κ2) is 8.38. The Morgan fingerprint density at radius 3 is 2.69 bits per heavy atom. The normalized spacial score (nSPS) is 18.0. The molecule has 10 heteroatoms. The number of hydroxylamine groups is 4. The van der Waals surface area contributed by atoms with Crippen molar-refractivity contribution >= 4 is 44.5 Å². The first-order valence-corrected chi connectivity index (χ1v) is 11.8. The molecule has 4 N–H and O–H groups in total. The van der Waals surface area contributed by atoms with Crippen LogP contribution < -0.4 is 5.73 Å². The van der Waals surface area contributed by atoms with Crippen molar-refractivity contribution in [3.63, 3.8) is 0 Å². The Kier molecular flexibility index (Phi) is 5.56. The van der Waals surface area contributed by atoms with Crippen LogP contribution >= 0.6 is 27.7 Å². The highest BCUT2D eigenvalue weighted by Crippen LogP contribution is 2.36. The number of nitrogen functional groups attached to an aromatic ring is 1. The van der Waals surface area contributed by atoms with E-state index in [2.05, 4.69) is 30.9 Å². The summed E-state index contributed by atoms with van der Waals surface area (Å²) in [4.78, 5) is 16.8. The van der Waals surface area contributed by atoms with E-state index in [1.807, 2.05) is 42.5 Å². The topological polar surface area (TPSA) is 118 Å². The molecule has 5 rings (SSSR count). The van der Waals surface area contributed by atoms with E-state index in [4.69, 9.17) is 10.7 Å². The molecule has 3 aromatic heterocycles. The Hall–Kier alpha value is -2.63. The number of quaternary nitrogens is 1. The van der Waals surface area contributed by atoms with Crippen molar-refractivity contribution in [3.05, 3.63) is 65.2 Å². The number of fused-ring (bicyclic) bond motifs is 1. The smallest absolute Gasteiger partial charge is 0.165 e. The Morgan fingerprint density at radius 1 is 1.06 bits per heavy atom. The van der Waals surface area contributed by atoms with E-state index in [0.717, 1.165) is 32.6 Å². The predicted octanol–water partition coefficient (Wildman–Crippen LogP) is 4.48. The van der Waals surface area contributed by atoms with Crippen LogP contribution in [0, 0.1) is 0 Å². The number of nitrogens with two attached hydrogens (primary N) is 1. The zero-order chi connectivity index (χ0) is 22.3. The molecule has 162 valence electrons. The van der Waals surface area contributed by atoms with Gasteiger partial charge in [0.25, 0.3) is 0 Å². The number of benzene rings is 1. The standard InChI is InChI=1S/C22H20BrN6O2S/c23-15-3-1-2-13(8-15)16-9-18(28-22-20(16)21(24)26-12-27-22)14-4-5-17(25-10-14)19-11-29(30,31)6-7-32-19/h1-5,8-10,12,19,30-31H,6-7,11H2,(H2,24,26,27,28)/q+1. The third kappa shape index (κ3) is 4.19. The Morgan fingerprint density at radius 2 is 1.94 bits per heavy atom. The summed E-state index contributed by atoms with van der Waals surface area (Å²) >= 11 is 5.21. The zero-order valence-electron chi connectivity index (χ0n) is 16.9. The van der Waals surface area contributed by atoms with Gasteiger partial charge >= 0.3 is 0 Å². The lowest BCUT2D eigenvalue weighted by molar-refractivity contribution is -1.24. The van der Waals surface area contributed by atoms with Gasteiger partial charge in [-0.1, -0.05) is 28.1 Å². The maximum Gasteiger partial charge on any atom is 0.165 e. The van der Waals surface area contributed by atoms with E-state index in [1.54, 1.807) is 18.0 Å². The van der Waals surface area contributed by atoms with E-state index in [9.17, 15) is 10.4 Å². The molecule has 0 amide bonds. The minimum atomic E-state index is -0.968. The van der Waals surface area contributed by atoms with Gasteiger partial charge in [0.2, 0.25) is 0 Å². The van der Waals surface area contributed by atoms with Crippen LogP contribution in [-0.2, 0) is 0 Å². The van der Waals surface area contributed by atoms with E-state index < -0.39 is 4.81 Å². The highest BCUT2D eigenvalue weighted by molar-refractivity contribution is 9.10. The van der Waals surface area contributed by atoms with Crippen molar-refractivity contribution < 1.29 is 15.2 Å². The SMILES string of the molecule is Nc1ncnc2nc(-c3ccc(C4C[N+](O)(O)CCS4)nc3)cc(-c3cccc(Br)c3)c12. The summed E-state index contributed by atoms with van der Waals surface area (Å²) in [5.41, 5.74) is 10.9. The average Bonchev–Trinajstić information content (AvgIpc) is 2.78. The van der Waals surface area contributed by atoms with Crippen LogP contribution in [-0.4, -0.2) is 54.0 Å². The van der Waals surface area contributed by atoms with Gasteiger partial charge in [-0.15, -0.1) is 11.8 Å². The van der Waals surface area contributed by atoms with Gasteiger partial charge in [0, 0.05) is 22.0 Å². The van der Waals surface area contributed by atoms with Crippen LogP contribution in [0.2, 0.25) is 0 Å². The minimum absolute atomic E-state index is 0.0814. The molecule has 0 aliphatic carbocycles. The van der Waals surface area contributed by atoms with Crippen LogP contribution in [0.25, 0.3) is 33.4 Å². The summed E-state index contributed by atoms with van der Waals surface area (Å²) in [6.45, 7) is 0.512. The fourth-order valence-corrected chi connectivity index (χ4v) is 5.53. The zero-order valence-corrected chi connectivity index (χ0v) is 19.3.